The lowest BCUT2D eigenvalue weighted by atomic mass is 10.2. The van der Waals surface area contributed by atoms with Gasteiger partial charge in [0, 0.05) is 51.2 Å². The Hall–Kier alpha value is -1.24. The van der Waals surface area contributed by atoms with Crippen molar-refractivity contribution in [3.63, 3.8) is 0 Å². The second-order valence-electron chi connectivity index (χ2n) is 4.50. The normalized spacial score (nSPS) is 18.9. The first-order valence-corrected chi connectivity index (χ1v) is 6.36. The zero-order valence-electron chi connectivity index (χ0n) is 10.8. The van der Waals surface area contributed by atoms with Crippen LogP contribution in [0.3, 0.4) is 0 Å². The van der Waals surface area contributed by atoms with Gasteiger partial charge in [0.25, 0.3) is 0 Å². The molecule has 0 spiro atoms. The number of hydrogen-bond acceptors (Lipinski definition) is 6. The van der Waals surface area contributed by atoms with Crippen molar-refractivity contribution in [1.29, 1.82) is 0 Å². The van der Waals surface area contributed by atoms with Crippen molar-refractivity contribution in [1.82, 2.24) is 20.2 Å². The molecular formula is C12H21N5O. The Labute approximate surface area is 108 Å². The predicted octanol–water partition coefficient (Wildman–Crippen LogP) is -0.821. The first-order chi connectivity index (χ1) is 8.83. The highest BCUT2D eigenvalue weighted by Gasteiger charge is 2.20. The monoisotopic (exact) mass is 251 g/mol. The number of likely N-dealkylation sites (N-methyl/N-ethyl adjacent to an activating group) is 1. The van der Waals surface area contributed by atoms with Gasteiger partial charge in [0.15, 0.2) is 0 Å². The van der Waals surface area contributed by atoms with Crippen molar-refractivity contribution >= 4 is 5.95 Å². The Morgan fingerprint density at radius 3 is 2.50 bits per heavy atom. The number of rotatable bonds is 5. The van der Waals surface area contributed by atoms with E-state index in [1.54, 1.807) is 12.4 Å². The fourth-order valence-electron chi connectivity index (χ4n) is 2.14. The second kappa shape index (κ2) is 6.63. The summed E-state index contributed by atoms with van der Waals surface area (Å²) in [5.41, 5.74) is 0. The van der Waals surface area contributed by atoms with E-state index < -0.39 is 0 Å². The van der Waals surface area contributed by atoms with Crippen LogP contribution in [-0.2, 0) is 0 Å². The Morgan fingerprint density at radius 2 is 1.94 bits per heavy atom. The molecule has 2 heterocycles. The number of aliphatic hydroxyl groups excluding tert-OH is 1. The van der Waals surface area contributed by atoms with Gasteiger partial charge in [-0.05, 0) is 13.1 Å². The number of nitrogens with zero attached hydrogens (tertiary/aromatic N) is 4. The molecule has 2 rings (SSSR count). The van der Waals surface area contributed by atoms with Crippen LogP contribution in [0.4, 0.5) is 5.95 Å². The molecule has 1 saturated heterocycles. The zero-order chi connectivity index (χ0) is 12.8. The highest BCUT2D eigenvalue weighted by atomic mass is 16.3. The lowest BCUT2D eigenvalue weighted by Crippen LogP contribution is -2.51. The SMILES string of the molecule is CNC(CO)CN1CCN(c2ncccn2)CC1. The number of anilines is 1. The predicted molar refractivity (Wildman–Crippen MR) is 70.6 cm³/mol. The minimum atomic E-state index is 0.157. The molecule has 2 N–H and O–H groups in total. The van der Waals surface area contributed by atoms with Gasteiger partial charge in [0.05, 0.1) is 6.61 Å². The molecule has 0 amide bonds. The van der Waals surface area contributed by atoms with Gasteiger partial charge in [-0.15, -0.1) is 0 Å². The van der Waals surface area contributed by atoms with Gasteiger partial charge in [0.2, 0.25) is 5.95 Å². The molecule has 100 valence electrons. The van der Waals surface area contributed by atoms with Gasteiger partial charge in [0.1, 0.15) is 0 Å². The topological polar surface area (TPSA) is 64.5 Å². The molecule has 1 aromatic rings. The maximum absolute atomic E-state index is 9.17. The van der Waals surface area contributed by atoms with Crippen molar-refractivity contribution in [2.45, 2.75) is 6.04 Å². The molecule has 0 radical (unpaired) electrons. The molecule has 6 heteroatoms. The summed E-state index contributed by atoms with van der Waals surface area (Å²) in [6, 6.07) is 1.99. The molecular weight excluding hydrogens is 230 g/mol. The summed E-state index contributed by atoms with van der Waals surface area (Å²) in [4.78, 5) is 13.1. The van der Waals surface area contributed by atoms with Crippen molar-refractivity contribution in [2.75, 3.05) is 51.3 Å². The Bertz CT molecular complexity index is 336. The summed E-state index contributed by atoms with van der Waals surface area (Å²) < 4.78 is 0. The maximum atomic E-state index is 9.17. The van der Waals surface area contributed by atoms with Crippen molar-refractivity contribution in [2.24, 2.45) is 0 Å². The van der Waals surface area contributed by atoms with Crippen molar-refractivity contribution < 1.29 is 5.11 Å². The summed E-state index contributed by atoms with van der Waals surface area (Å²) in [5, 5.41) is 12.3. The second-order valence-corrected chi connectivity index (χ2v) is 4.50. The van der Waals surface area contributed by atoms with E-state index in [1.807, 2.05) is 13.1 Å². The van der Waals surface area contributed by atoms with Crippen LogP contribution in [0.1, 0.15) is 0 Å². The van der Waals surface area contributed by atoms with Crippen LogP contribution in [0.5, 0.6) is 0 Å². The number of piperazine rings is 1. The average Bonchev–Trinajstić information content (AvgIpc) is 2.46. The molecule has 1 fully saturated rings. The van der Waals surface area contributed by atoms with Crippen LogP contribution < -0.4 is 10.2 Å². The Morgan fingerprint density at radius 1 is 1.28 bits per heavy atom. The third kappa shape index (κ3) is 3.38. The van der Waals surface area contributed by atoms with Gasteiger partial charge in [-0.2, -0.15) is 0 Å². The van der Waals surface area contributed by atoms with Crippen LogP contribution in [0.25, 0.3) is 0 Å². The third-order valence-electron chi connectivity index (χ3n) is 3.31. The molecule has 0 aliphatic carbocycles. The third-order valence-corrected chi connectivity index (χ3v) is 3.31. The molecule has 0 saturated carbocycles. The largest absolute Gasteiger partial charge is 0.395 e. The summed E-state index contributed by atoms with van der Waals surface area (Å²) in [5.74, 6) is 0.810. The molecule has 0 aromatic carbocycles. The molecule has 0 bridgehead atoms. The summed E-state index contributed by atoms with van der Waals surface area (Å²) in [7, 11) is 1.88. The van der Waals surface area contributed by atoms with Gasteiger partial charge < -0.3 is 15.3 Å². The fraction of sp³-hybridized carbons (Fsp3) is 0.667. The van der Waals surface area contributed by atoms with Gasteiger partial charge in [-0.1, -0.05) is 0 Å². The number of hydrogen-bond donors (Lipinski definition) is 2. The minimum Gasteiger partial charge on any atom is -0.395 e. The molecule has 1 atom stereocenters. The smallest absolute Gasteiger partial charge is 0.225 e. The lowest BCUT2D eigenvalue weighted by molar-refractivity contribution is 0.180. The summed E-state index contributed by atoms with van der Waals surface area (Å²) in [6.07, 6.45) is 3.55. The molecule has 18 heavy (non-hydrogen) atoms. The zero-order valence-corrected chi connectivity index (χ0v) is 10.8. The standard InChI is InChI=1S/C12H21N5O/c1-13-11(10-18)9-16-5-7-17(8-6-16)12-14-3-2-4-15-12/h2-4,11,13,18H,5-10H2,1H3. The minimum absolute atomic E-state index is 0.157. The van der Waals surface area contributed by atoms with Crippen LogP contribution in [0, 0.1) is 0 Å². The number of nitrogens with one attached hydrogen (secondary N) is 1. The van der Waals surface area contributed by atoms with E-state index in [9.17, 15) is 0 Å². The fourth-order valence-corrected chi connectivity index (χ4v) is 2.14. The van der Waals surface area contributed by atoms with Crippen molar-refractivity contribution in [3.8, 4) is 0 Å². The van der Waals surface area contributed by atoms with E-state index in [-0.39, 0.29) is 12.6 Å². The van der Waals surface area contributed by atoms with Crippen LogP contribution in [0.2, 0.25) is 0 Å². The first kappa shape index (κ1) is 13.2. The van der Waals surface area contributed by atoms with E-state index in [4.69, 9.17) is 5.11 Å². The van der Waals surface area contributed by atoms with E-state index in [2.05, 4.69) is 25.1 Å². The van der Waals surface area contributed by atoms with E-state index in [1.165, 1.54) is 0 Å². The summed E-state index contributed by atoms with van der Waals surface area (Å²) >= 11 is 0. The molecule has 6 nitrogen and oxygen atoms in total. The van der Waals surface area contributed by atoms with E-state index in [0.29, 0.717) is 0 Å². The van der Waals surface area contributed by atoms with Crippen LogP contribution in [-0.4, -0.2) is 72.4 Å². The van der Waals surface area contributed by atoms with Gasteiger partial charge in [-0.25, -0.2) is 9.97 Å². The van der Waals surface area contributed by atoms with E-state index >= 15 is 0 Å². The Balaban J connectivity index is 1.81. The molecule has 1 aliphatic heterocycles. The molecule has 1 aliphatic rings. The highest BCUT2D eigenvalue weighted by Crippen LogP contribution is 2.09. The maximum Gasteiger partial charge on any atom is 0.225 e. The Kier molecular flexibility index (Phi) is 4.86. The lowest BCUT2D eigenvalue weighted by Gasteiger charge is -2.36. The van der Waals surface area contributed by atoms with Crippen LogP contribution in [0.15, 0.2) is 18.5 Å². The van der Waals surface area contributed by atoms with Gasteiger partial charge in [-0.3, -0.25) is 4.90 Å². The first-order valence-electron chi connectivity index (χ1n) is 6.36. The number of aromatic nitrogens is 2. The highest BCUT2D eigenvalue weighted by molar-refractivity contribution is 5.29. The number of aliphatic hydroxyl groups is 1. The molecule has 1 unspecified atom stereocenters. The quantitative estimate of drug-likeness (QED) is 0.713. The summed E-state index contributed by atoms with van der Waals surface area (Å²) in [6.45, 7) is 4.90. The van der Waals surface area contributed by atoms with Gasteiger partial charge >= 0.3 is 0 Å². The average molecular weight is 251 g/mol. The van der Waals surface area contributed by atoms with E-state index in [0.717, 1.165) is 38.7 Å². The van der Waals surface area contributed by atoms with Crippen LogP contribution >= 0.6 is 0 Å². The van der Waals surface area contributed by atoms with Crippen molar-refractivity contribution in [3.05, 3.63) is 18.5 Å². The molecule has 1 aromatic heterocycles.